The number of hydrogen-bond acceptors (Lipinski definition) is 37. The maximum absolute atomic E-state index is 12.8. The SMILES string of the molecule is COc1cc(C2CC(=O)c3c(O)cc(O[C@@H]4O[C@H](CO)[C@@H](O)[C@H](O)[C@H]4O)cc3O2)ccc1O.C[C@@H]1O[C@@H](OC[C@H]2O[C@@H](Oc3cc(O)c4c(c3)OC(c3ccc(O)c(O)c3)CC4=O)[C@H](O)[C@@H](O)[C@@H]2O)[C@H](O)[C@H](O)[C@H]1O.O=C1CC(c2ccc(O)c(O)c2)Oc2cc(O[C@@H]3O[C@H](CO)[C@@H](O)[C@H](O)[C@H]3O)cc(O)c21. The number of hydrogen-bond donors (Lipinski definition) is 22. The lowest BCUT2D eigenvalue weighted by atomic mass is 9.95. The summed E-state index contributed by atoms with van der Waals surface area (Å²) in [6.45, 7) is -0.320. The highest BCUT2D eigenvalue weighted by Crippen LogP contribution is 2.48. The van der Waals surface area contributed by atoms with Crippen LogP contribution in [0.1, 0.15) is 92.3 Å². The van der Waals surface area contributed by atoms with Crippen molar-refractivity contribution in [2.45, 2.75) is 167 Å². The Morgan fingerprint density at radius 3 is 1.04 bits per heavy atom. The fraction of sp³-hybridized carbons (Fsp3) is 0.443. The highest BCUT2D eigenvalue weighted by molar-refractivity contribution is 6.04. The molecule has 0 amide bonds. The van der Waals surface area contributed by atoms with E-state index in [4.69, 9.17) is 56.8 Å². The maximum atomic E-state index is 12.8. The summed E-state index contributed by atoms with van der Waals surface area (Å²) in [5.41, 5.74) is 1.11. The number of Topliss-reactive ketones (excluding diaryl/α,β-unsaturated/α-hetero) is 3. The molecule has 4 saturated heterocycles. The number of fused-ring (bicyclic) bond motifs is 3. The third-order valence-electron chi connectivity index (χ3n) is 18.6. The van der Waals surface area contributed by atoms with Gasteiger partial charge in [-0.25, -0.2) is 0 Å². The third kappa shape index (κ3) is 16.5. The van der Waals surface area contributed by atoms with Crippen molar-refractivity contribution in [1.82, 2.24) is 0 Å². The van der Waals surface area contributed by atoms with Crippen LogP contribution in [0.4, 0.5) is 0 Å². The molecular weight excluding hydrogens is 1430 g/mol. The minimum absolute atomic E-state index is 0.0166. The molecule has 580 valence electrons. The van der Waals surface area contributed by atoms with Crippen molar-refractivity contribution in [2.24, 2.45) is 0 Å². The van der Waals surface area contributed by atoms with E-state index < -0.39 is 196 Å². The molecule has 13 rings (SSSR count). The van der Waals surface area contributed by atoms with Crippen LogP contribution in [0, 0.1) is 0 Å². The van der Waals surface area contributed by atoms with Gasteiger partial charge in [-0.15, -0.1) is 0 Å². The molecule has 0 bridgehead atoms. The van der Waals surface area contributed by atoms with Gasteiger partial charge in [-0.2, -0.15) is 0 Å². The molecule has 37 nitrogen and oxygen atoms in total. The largest absolute Gasteiger partial charge is 0.507 e. The van der Waals surface area contributed by atoms with Crippen molar-refractivity contribution >= 4 is 17.3 Å². The third-order valence-corrected chi connectivity index (χ3v) is 18.6. The van der Waals surface area contributed by atoms with Crippen LogP contribution >= 0.6 is 0 Å². The summed E-state index contributed by atoms with van der Waals surface area (Å²) in [7, 11) is 1.39. The van der Waals surface area contributed by atoms with Crippen molar-refractivity contribution in [2.75, 3.05) is 26.9 Å². The van der Waals surface area contributed by atoms with E-state index in [1.165, 1.54) is 80.8 Å². The highest BCUT2D eigenvalue weighted by Gasteiger charge is 2.50. The molecule has 0 spiro atoms. The molecule has 22 N–H and O–H groups in total. The Labute approximate surface area is 603 Å². The Morgan fingerprint density at radius 1 is 0.355 bits per heavy atom. The van der Waals surface area contributed by atoms with Gasteiger partial charge in [0.25, 0.3) is 0 Å². The van der Waals surface area contributed by atoms with E-state index >= 15 is 0 Å². The number of carbonyl (C=O) groups excluding carboxylic acids is 3. The summed E-state index contributed by atoms with van der Waals surface area (Å²) in [5.74, 6) is -4.35. The van der Waals surface area contributed by atoms with Crippen LogP contribution < -0.4 is 33.2 Å². The summed E-state index contributed by atoms with van der Waals surface area (Å²) < 4.78 is 66.4. The number of rotatable bonds is 15. The van der Waals surface area contributed by atoms with Crippen LogP contribution in [-0.2, 0) is 23.7 Å². The van der Waals surface area contributed by atoms with Crippen molar-refractivity contribution < 1.29 is 184 Å². The van der Waals surface area contributed by atoms with Gasteiger partial charge in [0.1, 0.15) is 178 Å². The van der Waals surface area contributed by atoms with E-state index in [-0.39, 0.29) is 105 Å². The van der Waals surface area contributed by atoms with E-state index in [1.54, 1.807) is 6.07 Å². The van der Waals surface area contributed by atoms with Crippen molar-refractivity contribution in [3.8, 4) is 86.2 Å². The van der Waals surface area contributed by atoms with E-state index in [0.717, 1.165) is 18.2 Å². The first-order valence-electron chi connectivity index (χ1n) is 33.0. The Balaban J connectivity index is 0.000000162. The molecule has 4 fully saturated rings. The van der Waals surface area contributed by atoms with E-state index in [2.05, 4.69) is 0 Å². The number of benzene rings is 6. The Hall–Kier alpha value is -9.43. The maximum Gasteiger partial charge on any atom is 0.229 e. The molecule has 3 unspecified atom stereocenters. The van der Waals surface area contributed by atoms with Gasteiger partial charge in [0.05, 0.1) is 52.3 Å². The van der Waals surface area contributed by atoms with Gasteiger partial charge in [0.2, 0.25) is 18.9 Å². The van der Waals surface area contributed by atoms with Crippen LogP contribution in [0.15, 0.2) is 91.0 Å². The smallest absolute Gasteiger partial charge is 0.229 e. The van der Waals surface area contributed by atoms with E-state index in [1.807, 2.05) is 0 Å². The molecule has 6 aromatic carbocycles. The molecule has 6 aromatic rings. The van der Waals surface area contributed by atoms with Gasteiger partial charge in [0.15, 0.2) is 58.1 Å². The Kier molecular flexibility index (Phi) is 23.9. The second-order valence-electron chi connectivity index (χ2n) is 25.9. The van der Waals surface area contributed by atoms with E-state index in [0.29, 0.717) is 16.7 Å². The minimum Gasteiger partial charge on any atom is -0.507 e. The average Bonchev–Trinajstić information content (AvgIpc) is 0.782. The molecule has 0 aromatic heterocycles. The molecule has 7 aliphatic rings. The van der Waals surface area contributed by atoms with Crippen molar-refractivity contribution in [1.29, 1.82) is 0 Å². The van der Waals surface area contributed by atoms with Crippen LogP contribution in [0.2, 0.25) is 0 Å². The first-order chi connectivity index (χ1) is 50.8. The molecular formula is C70H78O37. The molecule has 7 aliphatic heterocycles. The van der Waals surface area contributed by atoms with Crippen LogP contribution in [0.25, 0.3) is 0 Å². The number of aliphatic hydroxyl groups is 14. The molecule has 23 atom stereocenters. The fourth-order valence-electron chi connectivity index (χ4n) is 12.6. The van der Waals surface area contributed by atoms with Gasteiger partial charge in [-0.1, -0.05) is 18.2 Å². The predicted molar refractivity (Wildman–Crippen MR) is 350 cm³/mol. The summed E-state index contributed by atoms with van der Waals surface area (Å²) in [4.78, 5) is 38.1. The number of methoxy groups -OCH3 is 1. The zero-order valence-electron chi connectivity index (χ0n) is 56.1. The Bertz CT molecular complexity index is 4190. The van der Waals surface area contributed by atoms with Crippen LogP contribution in [-0.4, -0.2) is 279 Å². The van der Waals surface area contributed by atoms with Crippen LogP contribution in [0.3, 0.4) is 0 Å². The number of phenolic OH excluding ortho intramolecular Hbond substituents is 8. The minimum atomic E-state index is -1.78. The quantitative estimate of drug-likeness (QED) is 0.0506. The molecule has 0 saturated carbocycles. The van der Waals surface area contributed by atoms with Gasteiger partial charge in [-0.05, 0) is 60.0 Å². The normalized spacial score (nSPS) is 32.3. The number of carbonyl (C=O) groups is 3. The predicted octanol–water partition coefficient (Wildman–Crippen LogP) is -1.78. The lowest BCUT2D eigenvalue weighted by Gasteiger charge is -2.42. The van der Waals surface area contributed by atoms with Gasteiger partial charge in [-0.3, -0.25) is 14.4 Å². The summed E-state index contributed by atoms with van der Waals surface area (Å²) in [5, 5.41) is 220. The summed E-state index contributed by atoms with van der Waals surface area (Å²) in [6.07, 6.45) is -32.9. The zero-order valence-corrected chi connectivity index (χ0v) is 56.1. The first-order valence-corrected chi connectivity index (χ1v) is 33.0. The number of ketones is 3. The van der Waals surface area contributed by atoms with Gasteiger partial charge < -0.3 is 169 Å². The lowest BCUT2D eigenvalue weighted by Crippen LogP contribution is -2.61. The standard InChI is InChI=1S/C27H32O15.C22H24O11.C21H22O11/c1-9-20(32)22(34)24(36)26(39-9)38-8-18-21(33)23(35)25(37)27(42-18)40-11-5-14(30)19-15(31)7-16(41-17(19)6-11)10-2-3-12(28)13(29)4-10;1-30-15-4-9(2-3-11(15)24)14-7-13(26)18-12(25)5-10(6-16(18)32-14)31-22-21(29)20(28)19(27)17(8-23)33-22;22-7-16-18(27)19(28)20(29)21(32-16)30-9-4-12(25)17-13(26)6-14(31-15(17)5-9)8-1-2-10(23)11(24)3-8/h2-6,9,16,18,20-30,32-37H,7-8H2,1H3;2-6,14,17,19-25,27-29H,7-8H2,1H3;1-5,14,16,18-25,27-29H,6-7H2/t9-,16?,18+,20-,21+,22+,23-,24+,25+,26+,27+;14?,17-,19-,20+,21-,22-;14?,16-,18-,19+,20-,21-/m011/s1. The number of aliphatic hydroxyl groups excluding tert-OH is 14. The molecule has 0 aliphatic carbocycles. The van der Waals surface area contributed by atoms with Crippen LogP contribution in [0.5, 0.6) is 86.2 Å². The molecule has 37 heteroatoms. The van der Waals surface area contributed by atoms with Gasteiger partial charge in [0, 0.05) is 36.4 Å². The summed E-state index contributed by atoms with van der Waals surface area (Å²) >= 11 is 0. The number of ether oxygens (including phenoxy) is 12. The monoisotopic (exact) mass is 1510 g/mol. The molecule has 0 radical (unpaired) electrons. The molecule has 107 heavy (non-hydrogen) atoms. The lowest BCUT2D eigenvalue weighted by molar-refractivity contribution is -0.318. The second kappa shape index (κ2) is 32.6. The fourth-order valence-corrected chi connectivity index (χ4v) is 12.6. The summed E-state index contributed by atoms with van der Waals surface area (Å²) in [6, 6.07) is 19.6. The second-order valence-corrected chi connectivity index (χ2v) is 25.9. The van der Waals surface area contributed by atoms with Crippen molar-refractivity contribution in [3.63, 3.8) is 0 Å². The number of phenols is 8. The van der Waals surface area contributed by atoms with Crippen molar-refractivity contribution in [3.05, 3.63) is 124 Å². The highest BCUT2D eigenvalue weighted by atomic mass is 16.7. The number of aromatic hydroxyl groups is 8. The molecule has 7 heterocycles. The zero-order chi connectivity index (χ0) is 77.5. The Morgan fingerprint density at radius 2 is 0.682 bits per heavy atom. The average molecular weight is 1510 g/mol. The topological polar surface area (TPSA) is 607 Å². The van der Waals surface area contributed by atoms with Gasteiger partial charge >= 0.3 is 0 Å². The first kappa shape index (κ1) is 78.6. The van der Waals surface area contributed by atoms with E-state index in [9.17, 15) is 127 Å².